The second kappa shape index (κ2) is 2.63. The SMILES string of the molecule is COC12CC3CC(C1)[C@H]1OC(=O)CC1(C3)C2. The molecule has 5 atom stereocenters. The average Bonchev–Trinajstić information content (AvgIpc) is 2.53. The van der Waals surface area contributed by atoms with E-state index in [2.05, 4.69) is 0 Å². The van der Waals surface area contributed by atoms with Crippen LogP contribution >= 0.6 is 0 Å². The first-order valence-corrected chi connectivity index (χ1v) is 6.39. The van der Waals surface area contributed by atoms with Crippen LogP contribution in [0.1, 0.15) is 38.5 Å². The first-order valence-electron chi connectivity index (χ1n) is 6.39. The fraction of sp³-hybridized carbons (Fsp3) is 0.923. The van der Waals surface area contributed by atoms with Crippen molar-refractivity contribution in [3.63, 3.8) is 0 Å². The summed E-state index contributed by atoms with van der Waals surface area (Å²) in [6.07, 6.45) is 6.70. The summed E-state index contributed by atoms with van der Waals surface area (Å²) < 4.78 is 11.4. The number of methoxy groups -OCH3 is 1. The third-order valence-electron chi connectivity index (χ3n) is 5.52. The summed E-state index contributed by atoms with van der Waals surface area (Å²) in [5.41, 5.74) is 0.230. The Morgan fingerprint density at radius 1 is 1.38 bits per heavy atom. The standard InChI is InChI=1S/C13H18O3/c1-15-13-4-8-2-9(5-13)11-12(3-8,7-13)6-10(14)16-11/h8-9,11H,2-7H2,1H3/t8?,9?,11-,12?,13?/m1/s1. The lowest BCUT2D eigenvalue weighted by molar-refractivity contribution is -0.213. The zero-order chi connectivity index (χ0) is 11.0. The molecular weight excluding hydrogens is 204 g/mol. The Kier molecular flexibility index (Phi) is 1.56. The van der Waals surface area contributed by atoms with Crippen LogP contribution in [0.4, 0.5) is 0 Å². The van der Waals surface area contributed by atoms with E-state index in [1.54, 1.807) is 0 Å². The first kappa shape index (κ1) is 9.46. The molecule has 0 amide bonds. The first-order chi connectivity index (χ1) is 7.65. The van der Waals surface area contributed by atoms with Crippen LogP contribution in [0.25, 0.3) is 0 Å². The van der Waals surface area contributed by atoms with E-state index in [0.717, 1.165) is 18.8 Å². The van der Waals surface area contributed by atoms with Gasteiger partial charge in [0.05, 0.1) is 12.0 Å². The van der Waals surface area contributed by atoms with E-state index in [-0.39, 0.29) is 23.1 Å². The Labute approximate surface area is 95.5 Å². The highest BCUT2D eigenvalue weighted by molar-refractivity contribution is 5.73. The maximum atomic E-state index is 11.6. The van der Waals surface area contributed by atoms with E-state index in [1.807, 2.05) is 7.11 Å². The number of esters is 1. The summed E-state index contributed by atoms with van der Waals surface area (Å²) in [7, 11) is 1.84. The Bertz CT molecular complexity index is 366. The lowest BCUT2D eigenvalue weighted by Gasteiger charge is -2.61. The molecule has 5 fully saturated rings. The van der Waals surface area contributed by atoms with Gasteiger partial charge in [-0.05, 0) is 43.9 Å². The molecule has 0 aromatic carbocycles. The van der Waals surface area contributed by atoms with Crippen molar-refractivity contribution < 1.29 is 14.3 Å². The van der Waals surface area contributed by atoms with Gasteiger partial charge in [-0.1, -0.05) is 0 Å². The highest BCUT2D eigenvalue weighted by Crippen LogP contribution is 2.66. The smallest absolute Gasteiger partial charge is 0.306 e. The summed E-state index contributed by atoms with van der Waals surface area (Å²) >= 11 is 0. The summed E-state index contributed by atoms with van der Waals surface area (Å²) in [6, 6.07) is 0. The molecule has 4 saturated carbocycles. The largest absolute Gasteiger partial charge is 0.461 e. The molecule has 88 valence electrons. The Morgan fingerprint density at radius 2 is 2.25 bits per heavy atom. The number of carbonyl (C=O) groups excluding carboxylic acids is 1. The average molecular weight is 222 g/mol. The van der Waals surface area contributed by atoms with Gasteiger partial charge in [0.1, 0.15) is 6.10 Å². The predicted molar refractivity (Wildman–Crippen MR) is 56.7 cm³/mol. The summed E-state index contributed by atoms with van der Waals surface area (Å²) in [6.45, 7) is 0. The molecule has 1 aliphatic heterocycles. The van der Waals surface area contributed by atoms with E-state index in [9.17, 15) is 4.79 Å². The van der Waals surface area contributed by atoms with Gasteiger partial charge >= 0.3 is 5.97 Å². The van der Waals surface area contributed by atoms with E-state index in [1.165, 1.54) is 19.3 Å². The maximum Gasteiger partial charge on any atom is 0.306 e. The minimum absolute atomic E-state index is 0.0319. The van der Waals surface area contributed by atoms with Crippen LogP contribution < -0.4 is 0 Å². The van der Waals surface area contributed by atoms with Gasteiger partial charge in [-0.25, -0.2) is 0 Å². The minimum atomic E-state index is 0.0319. The van der Waals surface area contributed by atoms with Crippen molar-refractivity contribution in [1.29, 1.82) is 0 Å². The molecule has 4 bridgehead atoms. The number of rotatable bonds is 1. The molecule has 1 saturated heterocycles. The van der Waals surface area contributed by atoms with Crippen molar-refractivity contribution in [1.82, 2.24) is 0 Å². The monoisotopic (exact) mass is 222 g/mol. The Hall–Kier alpha value is -0.570. The highest BCUT2D eigenvalue weighted by atomic mass is 16.6. The van der Waals surface area contributed by atoms with Gasteiger partial charge in [0, 0.05) is 12.5 Å². The van der Waals surface area contributed by atoms with Crippen molar-refractivity contribution in [2.45, 2.75) is 50.2 Å². The summed E-state index contributed by atoms with van der Waals surface area (Å²) in [5, 5.41) is 0. The Morgan fingerprint density at radius 3 is 3.06 bits per heavy atom. The van der Waals surface area contributed by atoms with Crippen molar-refractivity contribution in [3.05, 3.63) is 0 Å². The fourth-order valence-electron chi connectivity index (χ4n) is 5.38. The molecule has 3 heteroatoms. The molecule has 4 unspecified atom stereocenters. The van der Waals surface area contributed by atoms with Gasteiger partial charge in [0.15, 0.2) is 0 Å². The molecule has 4 aliphatic carbocycles. The molecule has 1 spiro atoms. The molecule has 0 radical (unpaired) electrons. The van der Waals surface area contributed by atoms with E-state index in [0.29, 0.717) is 12.3 Å². The van der Waals surface area contributed by atoms with Gasteiger partial charge in [-0.2, -0.15) is 0 Å². The molecule has 16 heavy (non-hydrogen) atoms. The van der Waals surface area contributed by atoms with Crippen LogP contribution in [0.15, 0.2) is 0 Å². The van der Waals surface area contributed by atoms with Crippen molar-refractivity contribution in [2.24, 2.45) is 17.3 Å². The van der Waals surface area contributed by atoms with Gasteiger partial charge in [0.25, 0.3) is 0 Å². The quantitative estimate of drug-likeness (QED) is 0.636. The second-order valence-corrected chi connectivity index (χ2v) is 6.49. The zero-order valence-electron chi connectivity index (χ0n) is 9.70. The molecule has 5 aliphatic rings. The van der Waals surface area contributed by atoms with Gasteiger partial charge in [-0.3, -0.25) is 4.79 Å². The molecular formula is C13H18O3. The molecule has 0 N–H and O–H groups in total. The zero-order valence-corrected chi connectivity index (χ0v) is 9.70. The van der Waals surface area contributed by atoms with Crippen LogP contribution in [0.2, 0.25) is 0 Å². The van der Waals surface area contributed by atoms with E-state index >= 15 is 0 Å². The van der Waals surface area contributed by atoms with Crippen molar-refractivity contribution in [3.8, 4) is 0 Å². The van der Waals surface area contributed by atoms with Crippen LogP contribution in [-0.4, -0.2) is 24.8 Å². The summed E-state index contributed by atoms with van der Waals surface area (Å²) in [5.74, 6) is 1.38. The number of ether oxygens (including phenoxy) is 2. The highest BCUT2D eigenvalue weighted by Gasteiger charge is 2.67. The predicted octanol–water partition coefficient (Wildman–Crippen LogP) is 1.90. The summed E-state index contributed by atoms with van der Waals surface area (Å²) in [4.78, 5) is 11.6. The molecule has 0 aromatic rings. The van der Waals surface area contributed by atoms with Crippen LogP contribution in [0, 0.1) is 17.3 Å². The van der Waals surface area contributed by atoms with Crippen molar-refractivity contribution in [2.75, 3.05) is 7.11 Å². The fourth-order valence-corrected chi connectivity index (χ4v) is 5.38. The molecule has 0 aromatic heterocycles. The number of carbonyl (C=O) groups is 1. The van der Waals surface area contributed by atoms with Gasteiger partial charge in [-0.15, -0.1) is 0 Å². The lowest BCUT2D eigenvalue weighted by Crippen LogP contribution is -2.61. The third kappa shape index (κ3) is 0.963. The van der Waals surface area contributed by atoms with Crippen LogP contribution in [-0.2, 0) is 14.3 Å². The molecule has 5 rings (SSSR count). The Balaban J connectivity index is 1.79. The number of hydrogen-bond acceptors (Lipinski definition) is 3. The maximum absolute atomic E-state index is 11.6. The van der Waals surface area contributed by atoms with Crippen LogP contribution in [0.3, 0.4) is 0 Å². The molecule has 1 heterocycles. The number of hydrogen-bond donors (Lipinski definition) is 0. The van der Waals surface area contributed by atoms with E-state index in [4.69, 9.17) is 9.47 Å². The lowest BCUT2D eigenvalue weighted by atomic mass is 9.46. The minimum Gasteiger partial charge on any atom is -0.461 e. The van der Waals surface area contributed by atoms with Gasteiger partial charge in [0.2, 0.25) is 0 Å². The van der Waals surface area contributed by atoms with Crippen LogP contribution in [0.5, 0.6) is 0 Å². The second-order valence-electron chi connectivity index (χ2n) is 6.49. The third-order valence-corrected chi connectivity index (χ3v) is 5.52. The normalized spacial score (nSPS) is 57.6. The topological polar surface area (TPSA) is 35.5 Å². The molecule has 3 nitrogen and oxygen atoms in total. The van der Waals surface area contributed by atoms with E-state index < -0.39 is 0 Å². The van der Waals surface area contributed by atoms with Gasteiger partial charge < -0.3 is 9.47 Å². The van der Waals surface area contributed by atoms with Crippen molar-refractivity contribution >= 4 is 5.97 Å².